The van der Waals surface area contributed by atoms with Gasteiger partial charge in [-0.2, -0.15) is 9.61 Å². The minimum absolute atomic E-state index is 0.0258. The van der Waals surface area contributed by atoms with Gasteiger partial charge in [-0.1, -0.05) is 48.0 Å². The Morgan fingerprint density at radius 2 is 1.71 bits per heavy atom. The molecular formula is C24H22N8O2. The molecule has 3 aromatic heterocycles. The zero-order valence-electron chi connectivity index (χ0n) is 18.9. The van der Waals surface area contributed by atoms with Crippen LogP contribution >= 0.6 is 0 Å². The van der Waals surface area contributed by atoms with Crippen LogP contribution in [-0.2, 0) is 7.05 Å². The first-order valence-electron chi connectivity index (χ1n) is 10.6. The third kappa shape index (κ3) is 3.41. The molecule has 1 amide bonds. The van der Waals surface area contributed by atoms with Gasteiger partial charge >= 0.3 is 0 Å². The van der Waals surface area contributed by atoms with Crippen molar-refractivity contribution in [2.75, 3.05) is 11.1 Å². The molecule has 0 spiro atoms. The summed E-state index contributed by atoms with van der Waals surface area (Å²) in [6, 6.07) is 18.8. The molecule has 3 heterocycles. The van der Waals surface area contributed by atoms with Crippen LogP contribution in [0.2, 0.25) is 0 Å². The Morgan fingerprint density at radius 1 is 1.00 bits per heavy atom. The number of amides is 1. The minimum atomic E-state index is -0.648. The number of para-hydroxylation sites is 1. The van der Waals surface area contributed by atoms with Gasteiger partial charge in [0, 0.05) is 18.7 Å². The van der Waals surface area contributed by atoms with Crippen molar-refractivity contribution in [2.45, 2.75) is 13.8 Å². The van der Waals surface area contributed by atoms with E-state index >= 15 is 0 Å². The maximum atomic E-state index is 13.1. The molecule has 10 heteroatoms. The molecule has 5 aromatic rings. The third-order valence-corrected chi connectivity index (χ3v) is 5.77. The second-order valence-corrected chi connectivity index (χ2v) is 7.99. The number of anilines is 2. The van der Waals surface area contributed by atoms with Gasteiger partial charge in [0.1, 0.15) is 5.69 Å². The Morgan fingerprint density at radius 3 is 2.41 bits per heavy atom. The second kappa shape index (κ2) is 8.00. The van der Waals surface area contributed by atoms with Gasteiger partial charge in [0.05, 0.1) is 17.1 Å². The van der Waals surface area contributed by atoms with E-state index in [-0.39, 0.29) is 22.8 Å². The zero-order valence-corrected chi connectivity index (χ0v) is 18.9. The molecule has 170 valence electrons. The van der Waals surface area contributed by atoms with Gasteiger partial charge in [0.15, 0.2) is 17.2 Å². The van der Waals surface area contributed by atoms with Crippen LogP contribution in [-0.4, -0.2) is 35.1 Å². The molecule has 5 rings (SSSR count). The highest BCUT2D eigenvalue weighted by atomic mass is 16.2. The minimum Gasteiger partial charge on any atom is -0.382 e. The van der Waals surface area contributed by atoms with Crippen LogP contribution in [0.4, 0.5) is 11.5 Å². The standard InChI is InChI=1S/C24H22N8O2/c1-14-9-11-16(12-10-14)18-13-19-27-28-21(22(25)31(19)29-18)23(33)26-20-15(2)30(3)32(24(20)34)17-7-5-4-6-8-17/h4-13H,25H2,1-3H3,(H,26,33). The van der Waals surface area contributed by atoms with Gasteiger partial charge in [-0.05, 0) is 26.0 Å². The van der Waals surface area contributed by atoms with Crippen LogP contribution in [0.25, 0.3) is 22.6 Å². The van der Waals surface area contributed by atoms with Crippen molar-refractivity contribution >= 4 is 23.1 Å². The highest BCUT2D eigenvalue weighted by molar-refractivity contribution is 6.06. The van der Waals surface area contributed by atoms with E-state index in [1.807, 2.05) is 61.5 Å². The number of aromatic nitrogens is 6. The van der Waals surface area contributed by atoms with Gasteiger partial charge in [-0.15, -0.1) is 10.2 Å². The summed E-state index contributed by atoms with van der Waals surface area (Å²) in [7, 11) is 1.75. The van der Waals surface area contributed by atoms with E-state index in [4.69, 9.17) is 5.73 Å². The van der Waals surface area contributed by atoms with Crippen molar-refractivity contribution in [3.05, 3.63) is 88.0 Å². The van der Waals surface area contributed by atoms with Gasteiger partial charge in [-0.3, -0.25) is 14.3 Å². The number of hydrogen-bond acceptors (Lipinski definition) is 6. The molecule has 0 unspecified atom stereocenters. The Hall–Kier alpha value is -4.73. The molecule has 0 aliphatic heterocycles. The highest BCUT2D eigenvalue weighted by Crippen LogP contribution is 2.22. The lowest BCUT2D eigenvalue weighted by molar-refractivity contribution is 0.102. The Balaban J connectivity index is 1.50. The van der Waals surface area contributed by atoms with Crippen molar-refractivity contribution in [3.8, 4) is 16.9 Å². The summed E-state index contributed by atoms with van der Waals surface area (Å²) in [6.07, 6.45) is 0. The zero-order chi connectivity index (χ0) is 24.0. The Bertz CT molecular complexity index is 1590. The van der Waals surface area contributed by atoms with Crippen LogP contribution in [0.3, 0.4) is 0 Å². The molecule has 2 aromatic carbocycles. The van der Waals surface area contributed by atoms with Crippen LogP contribution in [0, 0.1) is 13.8 Å². The first kappa shape index (κ1) is 21.1. The van der Waals surface area contributed by atoms with E-state index in [0.29, 0.717) is 22.7 Å². The number of nitrogens with two attached hydrogens (primary N) is 1. The smallest absolute Gasteiger partial charge is 0.295 e. The Labute approximate surface area is 194 Å². The predicted molar refractivity (Wildman–Crippen MR) is 129 cm³/mol. The Kier molecular flexibility index (Phi) is 4.97. The molecule has 0 radical (unpaired) electrons. The van der Waals surface area contributed by atoms with Crippen LogP contribution < -0.4 is 16.6 Å². The maximum absolute atomic E-state index is 13.1. The second-order valence-electron chi connectivity index (χ2n) is 7.99. The number of nitrogens with one attached hydrogen (secondary N) is 1. The first-order chi connectivity index (χ1) is 16.3. The number of fused-ring (bicyclic) bond motifs is 1. The fraction of sp³-hybridized carbons (Fsp3) is 0.125. The fourth-order valence-corrected chi connectivity index (χ4v) is 3.78. The number of carbonyl (C=O) groups is 1. The predicted octanol–water partition coefficient (Wildman–Crippen LogP) is 2.73. The van der Waals surface area contributed by atoms with Crippen molar-refractivity contribution in [1.29, 1.82) is 0 Å². The normalized spacial score (nSPS) is 11.1. The van der Waals surface area contributed by atoms with Gasteiger partial charge in [0.25, 0.3) is 11.5 Å². The summed E-state index contributed by atoms with van der Waals surface area (Å²) in [5, 5.41) is 15.3. The van der Waals surface area contributed by atoms with Gasteiger partial charge < -0.3 is 11.1 Å². The third-order valence-electron chi connectivity index (χ3n) is 5.77. The molecular weight excluding hydrogens is 432 g/mol. The van der Waals surface area contributed by atoms with Gasteiger partial charge in [0.2, 0.25) is 0 Å². The molecule has 0 bridgehead atoms. The van der Waals surface area contributed by atoms with E-state index in [2.05, 4.69) is 20.6 Å². The summed E-state index contributed by atoms with van der Waals surface area (Å²) in [4.78, 5) is 26.2. The summed E-state index contributed by atoms with van der Waals surface area (Å²) in [5.74, 6) is -0.622. The number of nitrogen functional groups attached to an aromatic ring is 1. The van der Waals surface area contributed by atoms with Crippen LogP contribution in [0.15, 0.2) is 65.5 Å². The molecule has 0 saturated heterocycles. The molecule has 0 aliphatic rings. The summed E-state index contributed by atoms with van der Waals surface area (Å²) in [6.45, 7) is 3.75. The average Bonchev–Trinajstić information content (AvgIpc) is 3.36. The molecule has 3 N–H and O–H groups in total. The van der Waals surface area contributed by atoms with Crippen molar-refractivity contribution in [2.24, 2.45) is 7.05 Å². The van der Waals surface area contributed by atoms with Crippen molar-refractivity contribution in [1.82, 2.24) is 29.2 Å². The van der Waals surface area contributed by atoms with Crippen LogP contribution in [0.1, 0.15) is 21.7 Å². The number of nitrogens with zero attached hydrogens (tertiary/aromatic N) is 6. The lowest BCUT2D eigenvalue weighted by Crippen LogP contribution is -2.24. The summed E-state index contributed by atoms with van der Waals surface area (Å²) >= 11 is 0. The van der Waals surface area contributed by atoms with E-state index in [0.717, 1.165) is 11.1 Å². The number of aryl methyl sites for hydroxylation is 1. The van der Waals surface area contributed by atoms with Gasteiger partial charge in [-0.25, -0.2) is 4.68 Å². The molecule has 34 heavy (non-hydrogen) atoms. The highest BCUT2D eigenvalue weighted by Gasteiger charge is 2.23. The van der Waals surface area contributed by atoms with Crippen molar-refractivity contribution in [3.63, 3.8) is 0 Å². The number of hydrogen-bond donors (Lipinski definition) is 2. The van der Waals surface area contributed by atoms with E-state index in [9.17, 15) is 9.59 Å². The SMILES string of the molecule is Cc1ccc(-c2cc3nnc(C(=O)Nc4c(C)n(C)n(-c5ccccc5)c4=O)c(N)n3n2)cc1. The molecule has 0 fully saturated rings. The van der Waals surface area contributed by atoms with E-state index in [1.54, 1.807) is 24.7 Å². The van der Waals surface area contributed by atoms with E-state index < -0.39 is 5.91 Å². The first-order valence-corrected chi connectivity index (χ1v) is 10.6. The summed E-state index contributed by atoms with van der Waals surface area (Å²) < 4.78 is 4.52. The maximum Gasteiger partial charge on any atom is 0.295 e. The summed E-state index contributed by atoms with van der Waals surface area (Å²) in [5.41, 5.74) is 10.2. The number of carbonyl (C=O) groups excluding carboxylic acids is 1. The quantitative estimate of drug-likeness (QED) is 0.430. The van der Waals surface area contributed by atoms with Crippen LogP contribution in [0.5, 0.6) is 0 Å². The monoisotopic (exact) mass is 454 g/mol. The number of benzene rings is 2. The fourth-order valence-electron chi connectivity index (χ4n) is 3.78. The lowest BCUT2D eigenvalue weighted by atomic mass is 10.1. The molecule has 10 nitrogen and oxygen atoms in total. The largest absolute Gasteiger partial charge is 0.382 e. The average molecular weight is 454 g/mol. The number of rotatable bonds is 4. The van der Waals surface area contributed by atoms with E-state index in [1.165, 1.54) is 9.20 Å². The molecule has 0 atom stereocenters. The molecule has 0 saturated carbocycles. The topological polar surface area (TPSA) is 125 Å². The van der Waals surface area contributed by atoms with Crippen molar-refractivity contribution < 1.29 is 4.79 Å². The molecule has 0 aliphatic carbocycles. The lowest BCUT2D eigenvalue weighted by Gasteiger charge is -2.07.